The molecule has 1 atom stereocenters. The third kappa shape index (κ3) is 4.52. The van der Waals surface area contributed by atoms with E-state index in [-0.39, 0.29) is 23.9 Å². The van der Waals surface area contributed by atoms with E-state index in [2.05, 4.69) is 14.9 Å². The van der Waals surface area contributed by atoms with Gasteiger partial charge >= 0.3 is 0 Å². The van der Waals surface area contributed by atoms with Gasteiger partial charge in [0.2, 0.25) is 0 Å². The molecule has 0 saturated heterocycles. The Bertz CT molecular complexity index is 823. The second-order valence-electron chi connectivity index (χ2n) is 8.14. The Morgan fingerprint density at radius 2 is 1.86 bits per heavy atom. The molecule has 2 aromatic heterocycles. The smallest absolute Gasteiger partial charge is 0.276 e. The van der Waals surface area contributed by atoms with Gasteiger partial charge in [-0.25, -0.2) is 0 Å². The zero-order chi connectivity index (χ0) is 20.2. The molecule has 0 aromatic carbocycles. The van der Waals surface area contributed by atoms with Crippen LogP contribution in [0.15, 0.2) is 21.9 Å². The summed E-state index contributed by atoms with van der Waals surface area (Å²) in [5.41, 5.74) is 0.292. The minimum Gasteiger partial charge on any atom is -0.464 e. The van der Waals surface area contributed by atoms with Gasteiger partial charge in [-0.1, -0.05) is 36.6 Å². The summed E-state index contributed by atoms with van der Waals surface area (Å²) in [7, 11) is 0. The van der Waals surface area contributed by atoms with Crippen LogP contribution in [-0.4, -0.2) is 38.4 Å². The molecule has 0 bridgehead atoms. The highest BCUT2D eigenvalue weighted by atomic mass is 32.1. The van der Waals surface area contributed by atoms with Gasteiger partial charge in [0.05, 0.1) is 0 Å². The van der Waals surface area contributed by atoms with E-state index in [4.69, 9.17) is 4.42 Å². The Hall–Kier alpha value is -2.22. The van der Waals surface area contributed by atoms with Gasteiger partial charge in [0, 0.05) is 17.5 Å². The van der Waals surface area contributed by atoms with Crippen molar-refractivity contribution >= 4 is 23.3 Å². The molecular weight excluding hydrogens is 388 g/mol. The van der Waals surface area contributed by atoms with E-state index >= 15 is 0 Å². The Morgan fingerprint density at radius 1 is 1.14 bits per heavy atom. The van der Waals surface area contributed by atoms with Crippen LogP contribution < -0.4 is 5.32 Å². The van der Waals surface area contributed by atoms with E-state index in [1.807, 2.05) is 19.1 Å². The number of aromatic nitrogens is 2. The largest absolute Gasteiger partial charge is 0.464 e. The van der Waals surface area contributed by atoms with E-state index in [0.717, 1.165) is 68.7 Å². The fourth-order valence-electron chi connectivity index (χ4n) is 4.59. The van der Waals surface area contributed by atoms with Gasteiger partial charge in [0.1, 0.15) is 11.5 Å². The lowest BCUT2D eigenvalue weighted by Crippen LogP contribution is -2.50. The summed E-state index contributed by atoms with van der Waals surface area (Å²) in [4.78, 5) is 28.6. The van der Waals surface area contributed by atoms with Crippen molar-refractivity contribution in [3.05, 3.63) is 34.7 Å². The lowest BCUT2D eigenvalue weighted by Gasteiger charge is -2.35. The number of hydrogen-bond acceptors (Lipinski definition) is 6. The van der Waals surface area contributed by atoms with Crippen molar-refractivity contribution < 1.29 is 14.0 Å². The van der Waals surface area contributed by atoms with Crippen molar-refractivity contribution in [3.63, 3.8) is 0 Å². The minimum atomic E-state index is -0.789. The topological polar surface area (TPSA) is 88.3 Å². The Morgan fingerprint density at radius 3 is 2.48 bits per heavy atom. The Labute approximate surface area is 175 Å². The normalized spacial score (nSPS) is 19.2. The summed E-state index contributed by atoms with van der Waals surface area (Å²) < 4.78 is 9.72. The molecule has 2 amide bonds. The maximum absolute atomic E-state index is 13.5. The summed E-state index contributed by atoms with van der Waals surface area (Å²) >= 11 is 1.14. The fraction of sp³-hybridized carbons (Fsp3) is 0.619. The van der Waals surface area contributed by atoms with Crippen LogP contribution in [0, 0.1) is 6.92 Å². The molecule has 4 rings (SSSR count). The number of amides is 2. The highest BCUT2D eigenvalue weighted by Gasteiger charge is 2.41. The number of rotatable bonds is 6. The standard InChI is InChI=1S/C21H28N4O3S/c1-14-11-12-18(28-14)19(20(26)22-15-7-3-2-4-8-15)25(16-9-5-6-10-16)21(27)17-13-29-24-23-17/h11-13,15-16,19H,2-10H2,1H3,(H,22,26)/t19-/m0/s1. The Kier molecular flexibility index (Phi) is 6.28. The van der Waals surface area contributed by atoms with Crippen LogP contribution in [0.2, 0.25) is 0 Å². The molecule has 0 spiro atoms. The molecular formula is C21H28N4O3S. The highest BCUT2D eigenvalue weighted by Crippen LogP contribution is 2.34. The van der Waals surface area contributed by atoms with Gasteiger partial charge in [0.25, 0.3) is 11.8 Å². The van der Waals surface area contributed by atoms with Crippen LogP contribution in [0.3, 0.4) is 0 Å². The SMILES string of the molecule is Cc1ccc([C@@H](C(=O)NC2CCCCC2)N(C(=O)c2csnn2)C2CCCC2)o1. The van der Waals surface area contributed by atoms with Crippen LogP contribution in [0.5, 0.6) is 0 Å². The molecule has 2 aliphatic carbocycles. The first-order valence-corrected chi connectivity index (χ1v) is 11.4. The molecule has 0 radical (unpaired) electrons. The number of carbonyl (C=O) groups excluding carboxylic acids is 2. The molecule has 0 aliphatic heterocycles. The van der Waals surface area contributed by atoms with Gasteiger partial charge in [-0.05, 0) is 56.3 Å². The second kappa shape index (κ2) is 9.07. The predicted molar refractivity (Wildman–Crippen MR) is 110 cm³/mol. The van der Waals surface area contributed by atoms with Crippen molar-refractivity contribution in [2.24, 2.45) is 0 Å². The van der Waals surface area contributed by atoms with Crippen LogP contribution in [0.4, 0.5) is 0 Å². The van der Waals surface area contributed by atoms with Gasteiger partial charge < -0.3 is 14.6 Å². The second-order valence-corrected chi connectivity index (χ2v) is 8.75. The number of carbonyl (C=O) groups is 2. The van der Waals surface area contributed by atoms with Crippen molar-refractivity contribution in [2.75, 3.05) is 0 Å². The lowest BCUT2D eigenvalue weighted by atomic mass is 9.95. The third-order valence-corrected chi connectivity index (χ3v) is 6.55. The van der Waals surface area contributed by atoms with Crippen LogP contribution in [0.1, 0.15) is 85.8 Å². The van der Waals surface area contributed by atoms with E-state index in [9.17, 15) is 9.59 Å². The molecule has 2 fully saturated rings. The first-order chi connectivity index (χ1) is 14.1. The third-order valence-electron chi connectivity index (χ3n) is 6.04. The molecule has 1 N–H and O–H groups in total. The van der Waals surface area contributed by atoms with Gasteiger partial charge in [-0.3, -0.25) is 9.59 Å². The maximum atomic E-state index is 13.5. The van der Waals surface area contributed by atoms with Crippen molar-refractivity contribution in [1.82, 2.24) is 19.8 Å². The molecule has 2 aliphatic rings. The number of furan rings is 1. The van der Waals surface area contributed by atoms with E-state index in [1.54, 1.807) is 10.3 Å². The first-order valence-electron chi connectivity index (χ1n) is 10.6. The van der Waals surface area contributed by atoms with Crippen LogP contribution >= 0.6 is 11.5 Å². The van der Waals surface area contributed by atoms with Crippen molar-refractivity contribution in [2.45, 2.75) is 82.8 Å². The number of hydrogen-bond donors (Lipinski definition) is 1. The van der Waals surface area contributed by atoms with E-state index < -0.39 is 6.04 Å². The molecule has 2 aromatic rings. The molecule has 2 saturated carbocycles. The monoisotopic (exact) mass is 416 g/mol. The molecule has 7 nitrogen and oxygen atoms in total. The predicted octanol–water partition coefficient (Wildman–Crippen LogP) is 4.01. The van der Waals surface area contributed by atoms with E-state index in [0.29, 0.717) is 11.5 Å². The van der Waals surface area contributed by atoms with Crippen molar-refractivity contribution in [1.29, 1.82) is 0 Å². The molecule has 2 heterocycles. The quantitative estimate of drug-likeness (QED) is 0.768. The number of aryl methyl sites for hydroxylation is 1. The molecule has 29 heavy (non-hydrogen) atoms. The Balaban J connectivity index is 1.67. The molecule has 156 valence electrons. The lowest BCUT2D eigenvalue weighted by molar-refractivity contribution is -0.128. The van der Waals surface area contributed by atoms with Gasteiger partial charge in [-0.2, -0.15) is 0 Å². The van der Waals surface area contributed by atoms with Crippen LogP contribution in [-0.2, 0) is 4.79 Å². The van der Waals surface area contributed by atoms with Crippen LogP contribution in [0.25, 0.3) is 0 Å². The number of nitrogens with one attached hydrogen (secondary N) is 1. The van der Waals surface area contributed by atoms with Gasteiger partial charge in [-0.15, -0.1) is 5.10 Å². The molecule has 8 heteroatoms. The maximum Gasteiger partial charge on any atom is 0.276 e. The summed E-state index contributed by atoms with van der Waals surface area (Å²) in [5, 5.41) is 8.83. The average Bonchev–Trinajstić information content (AvgIpc) is 3.48. The zero-order valence-corrected chi connectivity index (χ0v) is 17.6. The summed E-state index contributed by atoms with van der Waals surface area (Å²) in [6.45, 7) is 1.85. The van der Waals surface area contributed by atoms with Crippen molar-refractivity contribution in [3.8, 4) is 0 Å². The first kappa shape index (κ1) is 20.1. The average molecular weight is 417 g/mol. The summed E-state index contributed by atoms with van der Waals surface area (Å²) in [6.07, 6.45) is 9.33. The highest BCUT2D eigenvalue weighted by molar-refractivity contribution is 7.03. The van der Waals surface area contributed by atoms with Gasteiger partial charge in [0.15, 0.2) is 11.7 Å². The number of nitrogens with zero attached hydrogens (tertiary/aromatic N) is 3. The van der Waals surface area contributed by atoms with E-state index in [1.165, 1.54) is 6.42 Å². The minimum absolute atomic E-state index is 0.00304. The summed E-state index contributed by atoms with van der Waals surface area (Å²) in [5.74, 6) is 0.835. The fourth-order valence-corrected chi connectivity index (χ4v) is 5.02. The summed E-state index contributed by atoms with van der Waals surface area (Å²) in [6, 6.07) is 3.03. The molecule has 0 unspecified atom stereocenters. The zero-order valence-electron chi connectivity index (χ0n) is 16.8.